The largest absolute Gasteiger partial charge is 0.493 e. The van der Waals surface area contributed by atoms with Crippen molar-refractivity contribution in [2.45, 2.75) is 30.7 Å². The molecule has 1 aliphatic heterocycles. The number of hydrogen-bond donors (Lipinski definition) is 2. The van der Waals surface area contributed by atoms with Crippen molar-refractivity contribution in [3.05, 3.63) is 18.2 Å². The fraction of sp³-hybridized carbons (Fsp3) is 0.529. The van der Waals surface area contributed by atoms with Gasteiger partial charge < -0.3 is 20.1 Å². The van der Waals surface area contributed by atoms with Gasteiger partial charge in [0.25, 0.3) is 0 Å². The van der Waals surface area contributed by atoms with Gasteiger partial charge in [0.15, 0.2) is 11.5 Å². The van der Waals surface area contributed by atoms with Crippen molar-refractivity contribution in [2.75, 3.05) is 33.9 Å². The Bertz CT molecular complexity index is 796. The Labute approximate surface area is 159 Å². The number of hydrogen-bond acceptors (Lipinski definition) is 6. The van der Waals surface area contributed by atoms with Gasteiger partial charge in [-0.2, -0.15) is 4.31 Å². The third kappa shape index (κ3) is 4.89. The molecule has 2 amide bonds. The maximum atomic E-state index is 13.0. The van der Waals surface area contributed by atoms with Crippen molar-refractivity contribution < 1.29 is 27.5 Å². The second kappa shape index (κ2) is 9.05. The molecule has 0 saturated carbocycles. The summed E-state index contributed by atoms with van der Waals surface area (Å²) in [6.07, 6.45) is 1.04. The number of sulfonamides is 1. The zero-order valence-electron chi connectivity index (χ0n) is 15.6. The zero-order chi connectivity index (χ0) is 20.0. The van der Waals surface area contributed by atoms with Crippen LogP contribution in [0.2, 0.25) is 0 Å². The third-order valence-electron chi connectivity index (χ3n) is 4.27. The minimum Gasteiger partial charge on any atom is -0.493 e. The maximum Gasteiger partial charge on any atom is 0.243 e. The first-order valence-corrected chi connectivity index (χ1v) is 10.0. The van der Waals surface area contributed by atoms with Gasteiger partial charge in [0.05, 0.1) is 19.1 Å². The van der Waals surface area contributed by atoms with Crippen molar-refractivity contribution in [3.63, 3.8) is 0 Å². The van der Waals surface area contributed by atoms with E-state index in [1.165, 1.54) is 43.6 Å². The van der Waals surface area contributed by atoms with E-state index in [0.717, 1.165) is 0 Å². The molecule has 2 N–H and O–H groups in total. The first-order valence-electron chi connectivity index (χ1n) is 8.57. The number of rotatable bonds is 8. The highest BCUT2D eigenvalue weighted by Crippen LogP contribution is 2.33. The molecule has 0 bridgehead atoms. The molecular formula is C17H25N3O6S. The molecular weight excluding hydrogens is 374 g/mol. The van der Waals surface area contributed by atoms with E-state index < -0.39 is 16.1 Å². The summed E-state index contributed by atoms with van der Waals surface area (Å²) in [5.41, 5.74) is 0. The Morgan fingerprint density at radius 2 is 1.81 bits per heavy atom. The number of methoxy groups -OCH3 is 2. The van der Waals surface area contributed by atoms with Crippen LogP contribution < -0.4 is 20.1 Å². The molecule has 0 aromatic heterocycles. The zero-order valence-corrected chi connectivity index (χ0v) is 16.5. The second-order valence-electron chi connectivity index (χ2n) is 6.06. The summed E-state index contributed by atoms with van der Waals surface area (Å²) in [4.78, 5) is 23.3. The lowest BCUT2D eigenvalue weighted by atomic mass is 10.2. The Morgan fingerprint density at radius 1 is 1.15 bits per heavy atom. The average molecular weight is 399 g/mol. The van der Waals surface area contributed by atoms with Crippen molar-refractivity contribution in [2.24, 2.45) is 0 Å². The van der Waals surface area contributed by atoms with Gasteiger partial charge in [0, 0.05) is 32.6 Å². The topological polar surface area (TPSA) is 114 Å². The van der Waals surface area contributed by atoms with Crippen LogP contribution in [0.4, 0.5) is 0 Å². The van der Waals surface area contributed by atoms with Crippen LogP contribution in [0.25, 0.3) is 0 Å². The van der Waals surface area contributed by atoms with Gasteiger partial charge in [0.2, 0.25) is 21.8 Å². The number of benzene rings is 1. The van der Waals surface area contributed by atoms with Gasteiger partial charge in [-0.3, -0.25) is 9.59 Å². The Hall–Kier alpha value is -2.33. The van der Waals surface area contributed by atoms with Crippen LogP contribution in [-0.2, 0) is 19.6 Å². The highest BCUT2D eigenvalue weighted by atomic mass is 32.2. The van der Waals surface area contributed by atoms with Crippen LogP contribution in [0.15, 0.2) is 23.1 Å². The molecule has 1 aromatic carbocycles. The number of nitrogens with one attached hydrogen (secondary N) is 2. The van der Waals surface area contributed by atoms with Gasteiger partial charge in [-0.05, 0) is 25.0 Å². The number of carbonyl (C=O) groups excluding carboxylic acids is 2. The highest BCUT2D eigenvalue weighted by molar-refractivity contribution is 7.89. The first-order chi connectivity index (χ1) is 12.8. The van der Waals surface area contributed by atoms with E-state index in [2.05, 4.69) is 10.6 Å². The first kappa shape index (κ1) is 21.0. The Morgan fingerprint density at radius 3 is 2.44 bits per heavy atom. The lowest BCUT2D eigenvalue weighted by Crippen LogP contribution is -2.47. The van der Waals surface area contributed by atoms with Gasteiger partial charge in [-0.1, -0.05) is 0 Å². The van der Waals surface area contributed by atoms with Crippen LogP contribution in [0.5, 0.6) is 11.5 Å². The molecule has 2 rings (SSSR count). The van der Waals surface area contributed by atoms with Crippen molar-refractivity contribution in [1.82, 2.24) is 14.9 Å². The van der Waals surface area contributed by atoms with Gasteiger partial charge in [-0.15, -0.1) is 0 Å². The quantitative estimate of drug-likeness (QED) is 0.600. The van der Waals surface area contributed by atoms with E-state index in [1.54, 1.807) is 0 Å². The van der Waals surface area contributed by atoms with Crippen molar-refractivity contribution in [1.29, 1.82) is 0 Å². The smallest absolute Gasteiger partial charge is 0.243 e. The van der Waals surface area contributed by atoms with Crippen LogP contribution in [0.3, 0.4) is 0 Å². The summed E-state index contributed by atoms with van der Waals surface area (Å²) in [5.74, 6) is 0.156. The van der Waals surface area contributed by atoms with Crippen LogP contribution in [-0.4, -0.2) is 64.4 Å². The molecule has 1 heterocycles. The molecule has 0 radical (unpaired) electrons. The lowest BCUT2D eigenvalue weighted by Gasteiger charge is -2.24. The van der Waals surface area contributed by atoms with Gasteiger partial charge >= 0.3 is 0 Å². The van der Waals surface area contributed by atoms with E-state index in [-0.39, 0.29) is 36.3 Å². The van der Waals surface area contributed by atoms with Crippen LogP contribution in [0.1, 0.15) is 19.8 Å². The van der Waals surface area contributed by atoms with Gasteiger partial charge in [0.1, 0.15) is 6.04 Å². The number of ether oxygens (including phenoxy) is 2. The molecule has 1 atom stereocenters. The molecule has 1 aromatic rings. The molecule has 27 heavy (non-hydrogen) atoms. The fourth-order valence-corrected chi connectivity index (χ4v) is 4.62. The molecule has 10 heteroatoms. The average Bonchev–Trinajstić information content (AvgIpc) is 3.15. The summed E-state index contributed by atoms with van der Waals surface area (Å²) in [5, 5.41) is 5.24. The lowest BCUT2D eigenvalue weighted by molar-refractivity contribution is -0.124. The predicted molar refractivity (Wildman–Crippen MR) is 98.2 cm³/mol. The number of nitrogens with zero attached hydrogens (tertiary/aromatic N) is 1. The molecule has 0 aliphatic carbocycles. The maximum absolute atomic E-state index is 13.0. The molecule has 150 valence electrons. The van der Waals surface area contributed by atoms with E-state index in [9.17, 15) is 18.0 Å². The molecule has 9 nitrogen and oxygen atoms in total. The Balaban J connectivity index is 2.14. The number of amides is 2. The summed E-state index contributed by atoms with van der Waals surface area (Å²) in [6, 6.07) is 3.56. The number of carbonyl (C=O) groups is 2. The molecule has 0 spiro atoms. The molecule has 1 aliphatic rings. The molecule has 1 fully saturated rings. The summed E-state index contributed by atoms with van der Waals surface area (Å²) < 4.78 is 37.6. The SMILES string of the molecule is COc1ccc(S(=O)(=O)N2CCCC2C(=O)NCCNC(C)=O)cc1OC. The summed E-state index contributed by atoms with van der Waals surface area (Å²) in [6.45, 7) is 2.17. The van der Waals surface area contributed by atoms with E-state index in [1.807, 2.05) is 0 Å². The van der Waals surface area contributed by atoms with Crippen LogP contribution >= 0.6 is 0 Å². The molecule has 1 saturated heterocycles. The van der Waals surface area contributed by atoms with E-state index >= 15 is 0 Å². The van der Waals surface area contributed by atoms with E-state index in [0.29, 0.717) is 24.3 Å². The summed E-state index contributed by atoms with van der Waals surface area (Å²) >= 11 is 0. The van der Waals surface area contributed by atoms with Crippen molar-refractivity contribution >= 4 is 21.8 Å². The van der Waals surface area contributed by atoms with Gasteiger partial charge in [-0.25, -0.2) is 8.42 Å². The third-order valence-corrected chi connectivity index (χ3v) is 6.17. The minimum atomic E-state index is -3.87. The summed E-state index contributed by atoms with van der Waals surface area (Å²) in [7, 11) is -0.975. The van der Waals surface area contributed by atoms with E-state index in [4.69, 9.17) is 9.47 Å². The minimum absolute atomic E-state index is 0.0399. The Kier molecular flexibility index (Phi) is 7.03. The van der Waals surface area contributed by atoms with Crippen LogP contribution in [0, 0.1) is 0 Å². The molecule has 1 unspecified atom stereocenters. The monoisotopic (exact) mass is 399 g/mol. The fourth-order valence-electron chi connectivity index (χ4n) is 2.94. The highest BCUT2D eigenvalue weighted by Gasteiger charge is 2.39. The van der Waals surface area contributed by atoms with Crippen molar-refractivity contribution in [3.8, 4) is 11.5 Å². The predicted octanol–water partition coefficient (Wildman–Crippen LogP) is 0.109. The standard InChI is InChI=1S/C17H25N3O6S/c1-12(21)18-8-9-19-17(22)14-5-4-10-20(14)27(23,24)13-6-7-15(25-2)16(11-13)26-3/h6-7,11,14H,4-5,8-10H2,1-3H3,(H,18,21)(H,19,22). The second-order valence-corrected chi connectivity index (χ2v) is 7.96. The normalized spacial score (nSPS) is 17.4.